The average molecular weight is 263 g/mol. The second-order valence-electron chi connectivity index (χ2n) is 4.51. The van der Waals surface area contributed by atoms with Crippen molar-refractivity contribution in [2.75, 3.05) is 5.32 Å². The van der Waals surface area contributed by atoms with Crippen molar-refractivity contribution < 1.29 is 9.90 Å². The first-order valence-electron chi connectivity index (χ1n) is 6.33. The molecule has 0 aliphatic heterocycles. The van der Waals surface area contributed by atoms with E-state index in [1.54, 1.807) is 0 Å². The lowest BCUT2D eigenvalue weighted by Crippen LogP contribution is -2.08. The van der Waals surface area contributed by atoms with E-state index in [-0.39, 0.29) is 0 Å². The van der Waals surface area contributed by atoms with Crippen LogP contribution in [0.4, 0.5) is 10.5 Å². The van der Waals surface area contributed by atoms with Crippen LogP contribution in [0.1, 0.15) is 0 Å². The van der Waals surface area contributed by atoms with Gasteiger partial charge in [0.15, 0.2) is 0 Å². The number of nitrogens with one attached hydrogen (secondary N) is 1. The van der Waals surface area contributed by atoms with Crippen LogP contribution in [0, 0.1) is 0 Å². The lowest BCUT2D eigenvalue weighted by atomic mass is 9.98. The van der Waals surface area contributed by atoms with Gasteiger partial charge in [-0.1, -0.05) is 66.7 Å². The third-order valence-electron chi connectivity index (χ3n) is 3.25. The molecule has 3 nitrogen and oxygen atoms in total. The van der Waals surface area contributed by atoms with Gasteiger partial charge in [-0.05, 0) is 10.9 Å². The fraction of sp³-hybridized carbons (Fsp3) is 0. The van der Waals surface area contributed by atoms with Gasteiger partial charge >= 0.3 is 6.09 Å². The Bertz CT molecular complexity index is 766. The molecule has 0 unspecified atom stereocenters. The van der Waals surface area contributed by atoms with E-state index in [1.807, 2.05) is 66.7 Å². The van der Waals surface area contributed by atoms with Gasteiger partial charge in [0, 0.05) is 10.9 Å². The number of hydrogen-bond donors (Lipinski definition) is 2. The monoisotopic (exact) mass is 263 g/mol. The Hall–Kier alpha value is -2.81. The lowest BCUT2D eigenvalue weighted by molar-refractivity contribution is 0.210. The van der Waals surface area contributed by atoms with Crippen molar-refractivity contribution in [1.29, 1.82) is 0 Å². The average Bonchev–Trinajstić information content (AvgIpc) is 2.48. The summed E-state index contributed by atoms with van der Waals surface area (Å²) in [4.78, 5) is 11.1. The zero-order chi connectivity index (χ0) is 13.9. The normalized spacial score (nSPS) is 10.4. The molecular formula is C17H13NO2. The molecule has 3 aromatic carbocycles. The van der Waals surface area contributed by atoms with Crippen molar-refractivity contribution in [3.05, 3.63) is 66.7 Å². The molecule has 0 spiro atoms. The minimum absolute atomic E-state index is 0.627. The second kappa shape index (κ2) is 5.05. The largest absolute Gasteiger partial charge is 0.465 e. The highest BCUT2D eigenvalue weighted by Gasteiger charge is 2.11. The van der Waals surface area contributed by atoms with Gasteiger partial charge in [-0.2, -0.15) is 0 Å². The first-order valence-corrected chi connectivity index (χ1v) is 6.33. The minimum atomic E-state index is -1.06. The van der Waals surface area contributed by atoms with Crippen molar-refractivity contribution in [3.63, 3.8) is 0 Å². The van der Waals surface area contributed by atoms with Gasteiger partial charge in [0.05, 0.1) is 5.69 Å². The zero-order valence-corrected chi connectivity index (χ0v) is 10.7. The maximum atomic E-state index is 11.1. The van der Waals surface area contributed by atoms with E-state index in [0.29, 0.717) is 5.69 Å². The standard InChI is InChI=1S/C17H13NO2/c19-17(20)18-16-14-9-5-4-8-13(14)10-11-15(16)12-6-2-1-3-7-12/h1-11,18H,(H,19,20). The highest BCUT2D eigenvalue weighted by Crippen LogP contribution is 2.34. The van der Waals surface area contributed by atoms with Gasteiger partial charge in [-0.25, -0.2) is 4.79 Å². The Morgan fingerprint density at radius 3 is 2.30 bits per heavy atom. The number of hydrogen-bond acceptors (Lipinski definition) is 1. The number of carbonyl (C=O) groups is 1. The van der Waals surface area contributed by atoms with Gasteiger partial charge in [0.1, 0.15) is 0 Å². The molecule has 0 aliphatic rings. The highest BCUT2D eigenvalue weighted by molar-refractivity contribution is 6.06. The Labute approximate surface area is 116 Å². The molecule has 2 N–H and O–H groups in total. The zero-order valence-electron chi connectivity index (χ0n) is 10.7. The van der Waals surface area contributed by atoms with E-state index in [2.05, 4.69) is 5.32 Å². The van der Waals surface area contributed by atoms with Gasteiger partial charge in [0.25, 0.3) is 0 Å². The van der Waals surface area contributed by atoms with E-state index in [0.717, 1.165) is 21.9 Å². The minimum Gasteiger partial charge on any atom is -0.465 e. The molecule has 0 radical (unpaired) electrons. The summed E-state index contributed by atoms with van der Waals surface area (Å²) in [5.41, 5.74) is 2.50. The van der Waals surface area contributed by atoms with Crippen molar-refractivity contribution in [2.24, 2.45) is 0 Å². The van der Waals surface area contributed by atoms with Crippen LogP contribution < -0.4 is 5.32 Å². The van der Waals surface area contributed by atoms with Crippen LogP contribution in [0.2, 0.25) is 0 Å². The number of benzene rings is 3. The van der Waals surface area contributed by atoms with Crippen LogP contribution in [-0.4, -0.2) is 11.2 Å². The summed E-state index contributed by atoms with van der Waals surface area (Å²) < 4.78 is 0. The SMILES string of the molecule is O=C(O)Nc1c(-c2ccccc2)ccc2ccccc12. The number of fused-ring (bicyclic) bond motifs is 1. The van der Waals surface area contributed by atoms with Crippen LogP contribution in [-0.2, 0) is 0 Å². The van der Waals surface area contributed by atoms with Crippen LogP contribution >= 0.6 is 0 Å². The number of carboxylic acid groups (broad SMARTS) is 1. The molecule has 0 aromatic heterocycles. The predicted molar refractivity (Wildman–Crippen MR) is 81.0 cm³/mol. The molecule has 3 heteroatoms. The molecule has 0 atom stereocenters. The summed E-state index contributed by atoms with van der Waals surface area (Å²) in [5, 5.41) is 13.5. The van der Waals surface area contributed by atoms with Crippen LogP contribution in [0.3, 0.4) is 0 Å². The van der Waals surface area contributed by atoms with E-state index < -0.39 is 6.09 Å². The Morgan fingerprint density at radius 1 is 0.850 bits per heavy atom. The van der Waals surface area contributed by atoms with Gasteiger partial charge in [0.2, 0.25) is 0 Å². The van der Waals surface area contributed by atoms with E-state index >= 15 is 0 Å². The molecule has 0 bridgehead atoms. The second-order valence-corrected chi connectivity index (χ2v) is 4.51. The quantitative estimate of drug-likeness (QED) is 0.710. The number of amides is 1. The first-order chi connectivity index (χ1) is 9.75. The molecule has 98 valence electrons. The molecule has 0 saturated heterocycles. The third-order valence-corrected chi connectivity index (χ3v) is 3.25. The van der Waals surface area contributed by atoms with Gasteiger partial charge in [-0.15, -0.1) is 0 Å². The summed E-state index contributed by atoms with van der Waals surface area (Å²) in [7, 11) is 0. The van der Waals surface area contributed by atoms with Crippen LogP contribution in [0.5, 0.6) is 0 Å². The molecule has 3 rings (SSSR count). The molecule has 20 heavy (non-hydrogen) atoms. The van der Waals surface area contributed by atoms with Crippen molar-refractivity contribution in [2.45, 2.75) is 0 Å². The molecule has 0 saturated carbocycles. The van der Waals surface area contributed by atoms with Crippen LogP contribution in [0.25, 0.3) is 21.9 Å². The summed E-state index contributed by atoms with van der Waals surface area (Å²) in [5.74, 6) is 0. The van der Waals surface area contributed by atoms with Crippen LogP contribution in [0.15, 0.2) is 66.7 Å². The van der Waals surface area contributed by atoms with Gasteiger partial charge < -0.3 is 5.11 Å². The summed E-state index contributed by atoms with van der Waals surface area (Å²) in [6.07, 6.45) is -1.06. The fourth-order valence-electron chi connectivity index (χ4n) is 2.37. The number of anilines is 1. The van der Waals surface area contributed by atoms with Crippen molar-refractivity contribution >= 4 is 22.6 Å². The summed E-state index contributed by atoms with van der Waals surface area (Å²) in [6.45, 7) is 0. The molecule has 0 heterocycles. The first kappa shape index (κ1) is 12.2. The fourth-order valence-corrected chi connectivity index (χ4v) is 2.37. The Morgan fingerprint density at radius 2 is 1.55 bits per heavy atom. The topological polar surface area (TPSA) is 49.3 Å². The third kappa shape index (κ3) is 2.21. The molecule has 1 amide bonds. The summed E-state index contributed by atoms with van der Waals surface area (Å²) >= 11 is 0. The Kier molecular flexibility index (Phi) is 3.09. The maximum absolute atomic E-state index is 11.1. The van der Waals surface area contributed by atoms with E-state index in [1.165, 1.54) is 0 Å². The molecule has 0 aliphatic carbocycles. The molecular weight excluding hydrogens is 250 g/mol. The van der Waals surface area contributed by atoms with E-state index in [9.17, 15) is 4.79 Å². The maximum Gasteiger partial charge on any atom is 0.409 e. The number of rotatable bonds is 2. The lowest BCUT2D eigenvalue weighted by Gasteiger charge is -2.13. The van der Waals surface area contributed by atoms with Gasteiger partial charge in [-0.3, -0.25) is 5.32 Å². The predicted octanol–water partition coefficient (Wildman–Crippen LogP) is 4.60. The highest BCUT2D eigenvalue weighted by atomic mass is 16.4. The van der Waals surface area contributed by atoms with Crippen molar-refractivity contribution in [3.8, 4) is 11.1 Å². The molecule has 0 fully saturated rings. The van der Waals surface area contributed by atoms with E-state index in [4.69, 9.17) is 5.11 Å². The van der Waals surface area contributed by atoms with Crippen molar-refractivity contribution in [1.82, 2.24) is 0 Å². The molecule has 3 aromatic rings. The Balaban J connectivity index is 2.28. The summed E-state index contributed by atoms with van der Waals surface area (Å²) in [6, 6.07) is 21.4. The smallest absolute Gasteiger partial charge is 0.409 e.